The Morgan fingerprint density at radius 1 is 0.247 bits per heavy atom. The Labute approximate surface area is 481 Å². The summed E-state index contributed by atoms with van der Waals surface area (Å²) >= 11 is 0. The Bertz CT molecular complexity index is 1240. The fourth-order valence-corrected chi connectivity index (χ4v) is 10.7. The van der Waals surface area contributed by atoms with E-state index in [2.05, 4.69) is 45.1 Å². The Morgan fingerprint density at radius 3 is 0.662 bits per heavy atom. The van der Waals surface area contributed by atoms with Crippen molar-refractivity contribution in [1.29, 1.82) is 0 Å². The molecule has 0 aromatic rings. The van der Waals surface area contributed by atoms with Crippen LogP contribution in [0.1, 0.15) is 393 Å². The molecule has 0 aromatic heterocycles. The molecule has 0 saturated carbocycles. The van der Waals surface area contributed by atoms with Gasteiger partial charge in [0.15, 0.2) is 6.10 Å². The van der Waals surface area contributed by atoms with E-state index >= 15 is 0 Å². The molecule has 0 rings (SSSR count). The first-order chi connectivity index (χ1) is 38.0. The van der Waals surface area contributed by atoms with Crippen LogP contribution in [0.25, 0.3) is 0 Å². The molecule has 0 saturated heterocycles. The quantitative estimate of drug-likeness (QED) is 0.0261. The Morgan fingerprint density at radius 2 is 0.429 bits per heavy atom. The first-order valence-electron chi connectivity index (χ1n) is 34.8. The predicted octanol–water partition coefficient (Wildman–Crippen LogP) is 23.8. The molecule has 0 aromatic carbocycles. The molecule has 1 unspecified atom stereocenters. The highest BCUT2D eigenvalue weighted by atomic mass is 16.6. The van der Waals surface area contributed by atoms with Crippen LogP contribution in [0, 0.1) is 0 Å². The molecule has 1 atom stereocenters. The average molecular weight is 1080 g/mol. The van der Waals surface area contributed by atoms with E-state index < -0.39 is 6.10 Å². The number of esters is 3. The van der Waals surface area contributed by atoms with E-state index in [1.165, 1.54) is 289 Å². The van der Waals surface area contributed by atoms with Crippen molar-refractivity contribution in [2.24, 2.45) is 0 Å². The standard InChI is InChI=1S/C71H134O6/c1-4-7-10-13-16-19-22-25-26-27-28-29-30-31-32-33-34-35-36-37-38-39-40-41-42-43-44-47-49-52-55-58-61-64-70(73)76-67-68(77-71(74)65-62-59-56-53-50-46-24-21-18-15-12-9-6-3)66-75-69(72)63-60-57-54-51-48-45-23-20-17-14-11-8-5-2/h21,24,27-28,68H,4-20,22-23,25-26,29-67H2,1-3H3/b24-21-,28-27-. The van der Waals surface area contributed by atoms with Gasteiger partial charge in [0.1, 0.15) is 13.2 Å². The second kappa shape index (κ2) is 66.4. The number of rotatable bonds is 65. The lowest BCUT2D eigenvalue weighted by Crippen LogP contribution is -2.30. The smallest absolute Gasteiger partial charge is 0.306 e. The van der Waals surface area contributed by atoms with Crippen LogP contribution in [0.3, 0.4) is 0 Å². The van der Waals surface area contributed by atoms with Crippen LogP contribution in [-0.2, 0) is 28.6 Å². The summed E-state index contributed by atoms with van der Waals surface area (Å²) in [5.74, 6) is -0.850. The van der Waals surface area contributed by atoms with Gasteiger partial charge in [0.05, 0.1) is 0 Å². The molecule has 0 radical (unpaired) electrons. The fraction of sp³-hybridized carbons (Fsp3) is 0.901. The summed E-state index contributed by atoms with van der Waals surface area (Å²) < 4.78 is 16.9. The minimum Gasteiger partial charge on any atom is -0.462 e. The highest BCUT2D eigenvalue weighted by Crippen LogP contribution is 2.18. The second-order valence-corrected chi connectivity index (χ2v) is 23.8. The van der Waals surface area contributed by atoms with Gasteiger partial charge in [-0.25, -0.2) is 0 Å². The minimum atomic E-state index is -0.771. The number of ether oxygens (including phenoxy) is 3. The first kappa shape index (κ1) is 74.9. The van der Waals surface area contributed by atoms with Crippen LogP contribution in [0.5, 0.6) is 0 Å². The van der Waals surface area contributed by atoms with Crippen molar-refractivity contribution in [2.75, 3.05) is 13.2 Å². The molecule has 0 aliphatic heterocycles. The maximum absolute atomic E-state index is 12.9. The molecule has 0 aliphatic carbocycles. The summed E-state index contributed by atoms with van der Waals surface area (Å²) in [7, 11) is 0. The highest BCUT2D eigenvalue weighted by molar-refractivity contribution is 5.71. The van der Waals surface area contributed by atoms with Crippen molar-refractivity contribution in [3.05, 3.63) is 24.3 Å². The third kappa shape index (κ3) is 64.6. The maximum atomic E-state index is 12.9. The van der Waals surface area contributed by atoms with E-state index in [9.17, 15) is 14.4 Å². The maximum Gasteiger partial charge on any atom is 0.306 e. The molecular formula is C71H134O6. The van der Waals surface area contributed by atoms with E-state index in [-0.39, 0.29) is 31.1 Å². The van der Waals surface area contributed by atoms with Crippen LogP contribution in [0.2, 0.25) is 0 Å². The third-order valence-corrected chi connectivity index (χ3v) is 15.9. The van der Waals surface area contributed by atoms with Crippen molar-refractivity contribution in [2.45, 2.75) is 399 Å². The molecule has 6 heteroatoms. The van der Waals surface area contributed by atoms with E-state index in [0.29, 0.717) is 19.3 Å². The Kier molecular flexibility index (Phi) is 64.6. The number of carbonyl (C=O) groups excluding carboxylic acids is 3. The summed E-state index contributed by atoms with van der Waals surface area (Å²) in [6.45, 7) is 6.68. The van der Waals surface area contributed by atoms with Crippen LogP contribution < -0.4 is 0 Å². The zero-order chi connectivity index (χ0) is 55.7. The normalized spacial score (nSPS) is 12.1. The third-order valence-electron chi connectivity index (χ3n) is 15.9. The zero-order valence-corrected chi connectivity index (χ0v) is 52.3. The molecule has 0 bridgehead atoms. The second-order valence-electron chi connectivity index (χ2n) is 23.8. The molecular weight excluding hydrogens is 949 g/mol. The van der Waals surface area contributed by atoms with Crippen molar-refractivity contribution < 1.29 is 28.6 Å². The van der Waals surface area contributed by atoms with E-state index in [1.54, 1.807) is 0 Å². The lowest BCUT2D eigenvalue weighted by atomic mass is 10.0. The van der Waals surface area contributed by atoms with Gasteiger partial charge in [-0.3, -0.25) is 14.4 Å². The van der Waals surface area contributed by atoms with Gasteiger partial charge < -0.3 is 14.2 Å². The molecule has 0 N–H and O–H groups in total. The van der Waals surface area contributed by atoms with Crippen LogP contribution in [0.4, 0.5) is 0 Å². The van der Waals surface area contributed by atoms with Gasteiger partial charge >= 0.3 is 17.9 Å². The van der Waals surface area contributed by atoms with Crippen molar-refractivity contribution in [3.63, 3.8) is 0 Å². The summed E-state index contributed by atoms with van der Waals surface area (Å²) in [6, 6.07) is 0. The monoisotopic (exact) mass is 1080 g/mol. The predicted molar refractivity (Wildman–Crippen MR) is 335 cm³/mol. The number of hydrogen-bond donors (Lipinski definition) is 0. The first-order valence-corrected chi connectivity index (χ1v) is 34.8. The van der Waals surface area contributed by atoms with Gasteiger partial charge in [0.25, 0.3) is 0 Å². The minimum absolute atomic E-state index is 0.0684. The van der Waals surface area contributed by atoms with Gasteiger partial charge in [-0.1, -0.05) is 328 Å². The molecule has 6 nitrogen and oxygen atoms in total. The van der Waals surface area contributed by atoms with E-state index in [4.69, 9.17) is 14.2 Å². The van der Waals surface area contributed by atoms with Crippen molar-refractivity contribution >= 4 is 17.9 Å². The highest BCUT2D eigenvalue weighted by Gasteiger charge is 2.19. The Balaban J connectivity index is 4.04. The lowest BCUT2D eigenvalue weighted by molar-refractivity contribution is -0.167. The van der Waals surface area contributed by atoms with Crippen LogP contribution >= 0.6 is 0 Å². The largest absolute Gasteiger partial charge is 0.462 e. The number of hydrogen-bond acceptors (Lipinski definition) is 6. The Hall–Kier alpha value is -2.11. The summed E-state index contributed by atoms with van der Waals surface area (Å²) in [6.07, 6.45) is 80.8. The van der Waals surface area contributed by atoms with Gasteiger partial charge in [-0.2, -0.15) is 0 Å². The summed E-state index contributed by atoms with van der Waals surface area (Å²) in [5, 5.41) is 0. The molecule has 0 fully saturated rings. The van der Waals surface area contributed by atoms with Crippen molar-refractivity contribution in [1.82, 2.24) is 0 Å². The topological polar surface area (TPSA) is 78.9 Å². The SMILES string of the molecule is CCCCCC/C=C\CCCCCCCC(=O)OC(COC(=O)CCCCCCCCCCCCCCC)COC(=O)CCCCCCCCCCCCCCCCCCCCCCC/C=C\CCCCCCCCCC. The lowest BCUT2D eigenvalue weighted by Gasteiger charge is -2.18. The van der Waals surface area contributed by atoms with Gasteiger partial charge in [0.2, 0.25) is 0 Å². The molecule has 0 amide bonds. The van der Waals surface area contributed by atoms with Gasteiger partial charge in [-0.15, -0.1) is 0 Å². The van der Waals surface area contributed by atoms with Crippen LogP contribution in [0.15, 0.2) is 24.3 Å². The van der Waals surface area contributed by atoms with Crippen LogP contribution in [-0.4, -0.2) is 37.2 Å². The average Bonchev–Trinajstić information content (AvgIpc) is 3.43. The van der Waals surface area contributed by atoms with Gasteiger partial charge in [-0.05, 0) is 70.6 Å². The molecule has 77 heavy (non-hydrogen) atoms. The molecule has 0 heterocycles. The molecule has 0 spiro atoms. The molecule has 0 aliphatic rings. The number of unbranched alkanes of at least 4 members (excludes halogenated alkanes) is 50. The number of carbonyl (C=O) groups is 3. The summed E-state index contributed by atoms with van der Waals surface area (Å²) in [4.78, 5) is 38.3. The fourth-order valence-electron chi connectivity index (χ4n) is 10.7. The van der Waals surface area contributed by atoms with E-state index in [0.717, 1.165) is 64.2 Å². The van der Waals surface area contributed by atoms with Gasteiger partial charge in [0, 0.05) is 19.3 Å². The van der Waals surface area contributed by atoms with Crippen molar-refractivity contribution in [3.8, 4) is 0 Å². The molecule has 454 valence electrons. The zero-order valence-electron chi connectivity index (χ0n) is 52.3. The number of allylic oxidation sites excluding steroid dienone is 4. The van der Waals surface area contributed by atoms with E-state index in [1.807, 2.05) is 0 Å². The summed E-state index contributed by atoms with van der Waals surface area (Å²) in [5.41, 5.74) is 0.